The van der Waals surface area contributed by atoms with Gasteiger partial charge < -0.3 is 10.6 Å². The largest absolute Gasteiger partial charge is 0.351 e. The number of rotatable bonds is 5. The lowest BCUT2D eigenvalue weighted by atomic mass is 10.1. The predicted molar refractivity (Wildman–Crippen MR) is 71.3 cm³/mol. The van der Waals surface area contributed by atoms with Crippen LogP contribution in [0.1, 0.15) is 22.8 Å². The number of nitrogens with one attached hydrogen (secondary N) is 2. The summed E-state index contributed by atoms with van der Waals surface area (Å²) in [5.74, 6) is -0.473. The molecule has 0 saturated heterocycles. The summed E-state index contributed by atoms with van der Waals surface area (Å²) in [6.07, 6.45) is 0. The number of carbonyl (C=O) groups is 2. The van der Waals surface area contributed by atoms with Gasteiger partial charge in [-0.15, -0.1) is 0 Å². The molecular formula is C14H18N2O2. The molecule has 0 heterocycles. The Kier molecular flexibility index (Phi) is 5.11. The highest BCUT2D eigenvalue weighted by Crippen LogP contribution is 2.02. The summed E-state index contributed by atoms with van der Waals surface area (Å²) in [5, 5.41) is 5.21. The Hall–Kier alpha value is -2.10. The number of carbonyl (C=O) groups excluding carboxylic acids is 2. The summed E-state index contributed by atoms with van der Waals surface area (Å²) in [7, 11) is 0. The van der Waals surface area contributed by atoms with Crippen molar-refractivity contribution in [3.63, 3.8) is 0 Å². The second-order valence-electron chi connectivity index (χ2n) is 4.28. The molecule has 0 unspecified atom stereocenters. The standard InChI is InChI=1S/C14H18N2O2/c1-10(2)8-15-13(17)9-16-14(18)12-6-4-11(3)5-7-12/h4-7H,1,8-9H2,2-3H3,(H,15,17)(H,16,18). The van der Waals surface area contributed by atoms with Crippen molar-refractivity contribution in [3.05, 3.63) is 47.5 Å². The van der Waals surface area contributed by atoms with Crippen LogP contribution in [0, 0.1) is 6.92 Å². The topological polar surface area (TPSA) is 58.2 Å². The molecule has 2 amide bonds. The molecule has 4 heteroatoms. The van der Waals surface area contributed by atoms with Gasteiger partial charge in [0.15, 0.2) is 0 Å². The van der Waals surface area contributed by atoms with E-state index >= 15 is 0 Å². The Morgan fingerprint density at radius 3 is 2.28 bits per heavy atom. The fraction of sp³-hybridized carbons (Fsp3) is 0.286. The molecule has 0 fully saturated rings. The molecule has 0 aliphatic rings. The molecule has 0 aliphatic carbocycles. The second-order valence-corrected chi connectivity index (χ2v) is 4.28. The average Bonchev–Trinajstić information content (AvgIpc) is 2.34. The Balaban J connectivity index is 2.39. The Labute approximate surface area is 107 Å². The quantitative estimate of drug-likeness (QED) is 0.772. The highest BCUT2D eigenvalue weighted by Gasteiger charge is 2.07. The molecule has 2 N–H and O–H groups in total. The van der Waals surface area contributed by atoms with Crippen LogP contribution in [0.25, 0.3) is 0 Å². The lowest BCUT2D eigenvalue weighted by Gasteiger charge is -2.06. The van der Waals surface area contributed by atoms with Crippen molar-refractivity contribution in [2.45, 2.75) is 13.8 Å². The van der Waals surface area contributed by atoms with Crippen LogP contribution in [0.2, 0.25) is 0 Å². The third-order valence-corrected chi connectivity index (χ3v) is 2.31. The molecular weight excluding hydrogens is 228 g/mol. The molecule has 4 nitrogen and oxygen atoms in total. The van der Waals surface area contributed by atoms with E-state index < -0.39 is 0 Å². The minimum absolute atomic E-state index is 0.0278. The van der Waals surface area contributed by atoms with Crippen LogP contribution in [0.15, 0.2) is 36.4 Å². The molecule has 1 aromatic rings. The first kappa shape index (κ1) is 14.0. The fourth-order valence-electron chi connectivity index (χ4n) is 1.28. The van der Waals surface area contributed by atoms with Gasteiger partial charge in [-0.2, -0.15) is 0 Å². The lowest BCUT2D eigenvalue weighted by Crippen LogP contribution is -2.37. The molecule has 18 heavy (non-hydrogen) atoms. The van der Waals surface area contributed by atoms with Crippen molar-refractivity contribution in [2.24, 2.45) is 0 Å². The molecule has 0 spiro atoms. The van der Waals surface area contributed by atoms with Gasteiger partial charge in [0.2, 0.25) is 5.91 Å². The van der Waals surface area contributed by atoms with Crippen molar-refractivity contribution in [2.75, 3.05) is 13.1 Å². The third-order valence-electron chi connectivity index (χ3n) is 2.31. The zero-order valence-corrected chi connectivity index (χ0v) is 10.7. The third kappa shape index (κ3) is 4.82. The van der Waals surface area contributed by atoms with Crippen molar-refractivity contribution < 1.29 is 9.59 Å². The van der Waals surface area contributed by atoms with Gasteiger partial charge in [0, 0.05) is 12.1 Å². The van der Waals surface area contributed by atoms with E-state index in [0.29, 0.717) is 12.1 Å². The maximum Gasteiger partial charge on any atom is 0.251 e. The summed E-state index contributed by atoms with van der Waals surface area (Å²) in [4.78, 5) is 23.1. The van der Waals surface area contributed by atoms with Gasteiger partial charge >= 0.3 is 0 Å². The molecule has 1 aromatic carbocycles. The number of aryl methyl sites for hydroxylation is 1. The molecule has 0 bridgehead atoms. The van der Waals surface area contributed by atoms with Gasteiger partial charge in [-0.1, -0.05) is 29.8 Å². The van der Waals surface area contributed by atoms with Crippen molar-refractivity contribution in [1.29, 1.82) is 0 Å². The first-order valence-corrected chi connectivity index (χ1v) is 5.75. The minimum Gasteiger partial charge on any atom is -0.351 e. The number of hydrogen-bond donors (Lipinski definition) is 2. The fourth-order valence-corrected chi connectivity index (χ4v) is 1.28. The zero-order valence-electron chi connectivity index (χ0n) is 10.7. The molecule has 0 aliphatic heterocycles. The smallest absolute Gasteiger partial charge is 0.251 e. The monoisotopic (exact) mass is 246 g/mol. The van der Waals surface area contributed by atoms with Crippen LogP contribution in [-0.2, 0) is 4.79 Å². The van der Waals surface area contributed by atoms with E-state index in [2.05, 4.69) is 17.2 Å². The highest BCUT2D eigenvalue weighted by atomic mass is 16.2. The summed E-state index contributed by atoms with van der Waals surface area (Å²) < 4.78 is 0. The van der Waals surface area contributed by atoms with Crippen LogP contribution in [0.3, 0.4) is 0 Å². The van der Waals surface area contributed by atoms with E-state index in [-0.39, 0.29) is 18.4 Å². The SMILES string of the molecule is C=C(C)CNC(=O)CNC(=O)c1ccc(C)cc1. The van der Waals surface area contributed by atoms with E-state index in [4.69, 9.17) is 0 Å². The molecule has 96 valence electrons. The molecule has 0 atom stereocenters. The van der Waals surface area contributed by atoms with Gasteiger partial charge in [0.25, 0.3) is 5.91 Å². The van der Waals surface area contributed by atoms with Crippen LogP contribution in [0.4, 0.5) is 0 Å². The molecule has 0 radical (unpaired) electrons. The van der Waals surface area contributed by atoms with Gasteiger partial charge in [0.1, 0.15) is 0 Å². The average molecular weight is 246 g/mol. The number of hydrogen-bond acceptors (Lipinski definition) is 2. The first-order valence-electron chi connectivity index (χ1n) is 5.75. The summed E-state index contributed by atoms with van der Waals surface area (Å²) >= 11 is 0. The van der Waals surface area contributed by atoms with Gasteiger partial charge in [-0.05, 0) is 26.0 Å². The van der Waals surface area contributed by atoms with Gasteiger partial charge in [-0.25, -0.2) is 0 Å². The van der Waals surface area contributed by atoms with E-state index in [1.807, 2.05) is 26.0 Å². The van der Waals surface area contributed by atoms with Crippen molar-refractivity contribution >= 4 is 11.8 Å². The number of amides is 2. The van der Waals surface area contributed by atoms with Crippen LogP contribution in [-0.4, -0.2) is 24.9 Å². The van der Waals surface area contributed by atoms with Gasteiger partial charge in [0.05, 0.1) is 6.54 Å². The van der Waals surface area contributed by atoms with E-state index in [9.17, 15) is 9.59 Å². The van der Waals surface area contributed by atoms with Crippen LogP contribution in [0.5, 0.6) is 0 Å². The molecule has 0 aromatic heterocycles. The Morgan fingerprint density at radius 2 is 1.72 bits per heavy atom. The predicted octanol–water partition coefficient (Wildman–Crippen LogP) is 1.42. The van der Waals surface area contributed by atoms with Crippen molar-refractivity contribution in [1.82, 2.24) is 10.6 Å². The summed E-state index contributed by atoms with van der Waals surface area (Å²) in [6, 6.07) is 7.18. The van der Waals surface area contributed by atoms with Gasteiger partial charge in [-0.3, -0.25) is 9.59 Å². The van der Waals surface area contributed by atoms with E-state index in [1.165, 1.54) is 0 Å². The normalized spacial score (nSPS) is 9.67. The highest BCUT2D eigenvalue weighted by molar-refractivity contribution is 5.96. The van der Waals surface area contributed by atoms with Crippen LogP contribution < -0.4 is 10.6 Å². The Morgan fingerprint density at radius 1 is 1.11 bits per heavy atom. The lowest BCUT2D eigenvalue weighted by molar-refractivity contribution is -0.119. The zero-order chi connectivity index (χ0) is 13.5. The maximum atomic E-state index is 11.7. The summed E-state index contributed by atoms with van der Waals surface area (Å²) in [6.45, 7) is 7.85. The Bertz CT molecular complexity index is 449. The van der Waals surface area contributed by atoms with E-state index in [1.54, 1.807) is 12.1 Å². The second kappa shape index (κ2) is 6.59. The maximum absolute atomic E-state index is 11.7. The summed E-state index contributed by atoms with van der Waals surface area (Å²) in [5.41, 5.74) is 2.51. The minimum atomic E-state index is -0.250. The van der Waals surface area contributed by atoms with Crippen molar-refractivity contribution in [3.8, 4) is 0 Å². The first-order chi connectivity index (χ1) is 8.49. The van der Waals surface area contributed by atoms with E-state index in [0.717, 1.165) is 11.1 Å². The molecule has 1 rings (SSSR count). The van der Waals surface area contributed by atoms with Crippen LogP contribution >= 0.6 is 0 Å². The number of benzene rings is 1. The molecule has 0 saturated carbocycles.